The molecule has 0 aromatic carbocycles. The van der Waals surface area contributed by atoms with Crippen molar-refractivity contribution in [1.29, 1.82) is 0 Å². The summed E-state index contributed by atoms with van der Waals surface area (Å²) in [6.07, 6.45) is 1.85. The van der Waals surface area contributed by atoms with Crippen LogP contribution in [0.1, 0.15) is 22.9 Å². The number of halogens is 1. The molecular weight excluding hydrogens is 292 g/mol. The monoisotopic (exact) mass is 302 g/mol. The van der Waals surface area contributed by atoms with E-state index in [2.05, 4.69) is 44.6 Å². The summed E-state index contributed by atoms with van der Waals surface area (Å²) >= 11 is 6.93. The van der Waals surface area contributed by atoms with Gasteiger partial charge in [0.05, 0.1) is 6.04 Å². The Hall–Kier alpha value is -0.230. The predicted molar refractivity (Wildman–Crippen MR) is 69.7 cm³/mol. The standard InChI is InChI=1S/C10H11BrN2S2/c1-2-12-9(10-13-3-4-14-10)8-5-7(11)6-15-8/h3-6,9,12H,2H2,1H3. The van der Waals surface area contributed by atoms with Gasteiger partial charge in [0.1, 0.15) is 5.01 Å². The van der Waals surface area contributed by atoms with E-state index in [1.807, 2.05) is 11.6 Å². The molecule has 0 radical (unpaired) electrons. The maximum absolute atomic E-state index is 4.37. The van der Waals surface area contributed by atoms with Crippen molar-refractivity contribution >= 4 is 38.6 Å². The smallest absolute Gasteiger partial charge is 0.115 e. The van der Waals surface area contributed by atoms with Gasteiger partial charge in [0.15, 0.2) is 0 Å². The van der Waals surface area contributed by atoms with Gasteiger partial charge in [0.2, 0.25) is 0 Å². The van der Waals surface area contributed by atoms with Gasteiger partial charge in [0, 0.05) is 26.3 Å². The van der Waals surface area contributed by atoms with Crippen molar-refractivity contribution in [3.8, 4) is 0 Å². The molecule has 0 amide bonds. The number of thiazole rings is 1. The van der Waals surface area contributed by atoms with Crippen LogP contribution >= 0.6 is 38.6 Å². The molecule has 0 aliphatic heterocycles. The van der Waals surface area contributed by atoms with Crippen LogP contribution in [-0.2, 0) is 0 Å². The molecule has 0 saturated carbocycles. The summed E-state index contributed by atoms with van der Waals surface area (Å²) in [6.45, 7) is 3.06. The molecule has 0 fully saturated rings. The third-order valence-electron chi connectivity index (χ3n) is 1.98. The molecule has 1 N–H and O–H groups in total. The van der Waals surface area contributed by atoms with Crippen LogP contribution in [0.3, 0.4) is 0 Å². The molecule has 2 rings (SSSR count). The van der Waals surface area contributed by atoms with Crippen molar-refractivity contribution in [2.45, 2.75) is 13.0 Å². The Bertz CT molecular complexity index is 411. The average Bonchev–Trinajstić information content (AvgIpc) is 2.85. The highest BCUT2D eigenvalue weighted by molar-refractivity contribution is 9.10. The van der Waals surface area contributed by atoms with Crippen molar-refractivity contribution in [1.82, 2.24) is 10.3 Å². The molecule has 0 spiro atoms. The van der Waals surface area contributed by atoms with E-state index in [0.717, 1.165) is 16.0 Å². The van der Waals surface area contributed by atoms with Crippen LogP contribution in [0.4, 0.5) is 0 Å². The highest BCUT2D eigenvalue weighted by atomic mass is 79.9. The quantitative estimate of drug-likeness (QED) is 0.932. The summed E-state index contributed by atoms with van der Waals surface area (Å²) in [4.78, 5) is 5.67. The molecular formula is C10H11BrN2S2. The molecule has 15 heavy (non-hydrogen) atoms. The highest BCUT2D eigenvalue weighted by Crippen LogP contribution is 2.30. The molecule has 2 nitrogen and oxygen atoms in total. The van der Waals surface area contributed by atoms with Crippen molar-refractivity contribution < 1.29 is 0 Å². The largest absolute Gasteiger partial charge is 0.304 e. The van der Waals surface area contributed by atoms with Crippen molar-refractivity contribution in [2.75, 3.05) is 6.54 Å². The summed E-state index contributed by atoms with van der Waals surface area (Å²) in [7, 11) is 0. The molecule has 0 saturated heterocycles. The fourth-order valence-electron chi connectivity index (χ4n) is 1.37. The number of nitrogens with one attached hydrogen (secondary N) is 1. The van der Waals surface area contributed by atoms with Gasteiger partial charge in [-0.25, -0.2) is 4.98 Å². The second-order valence-electron chi connectivity index (χ2n) is 3.03. The van der Waals surface area contributed by atoms with Crippen LogP contribution in [0.5, 0.6) is 0 Å². The highest BCUT2D eigenvalue weighted by Gasteiger charge is 2.16. The van der Waals surface area contributed by atoms with E-state index in [9.17, 15) is 0 Å². The van der Waals surface area contributed by atoms with E-state index in [0.29, 0.717) is 0 Å². The minimum atomic E-state index is 0.242. The lowest BCUT2D eigenvalue weighted by atomic mass is 10.2. The lowest BCUT2D eigenvalue weighted by molar-refractivity contribution is 0.636. The number of hydrogen-bond acceptors (Lipinski definition) is 4. The lowest BCUT2D eigenvalue weighted by Gasteiger charge is -2.12. The summed E-state index contributed by atoms with van der Waals surface area (Å²) in [5.74, 6) is 0. The van der Waals surface area contributed by atoms with E-state index in [1.165, 1.54) is 4.88 Å². The molecule has 0 aliphatic rings. The number of aromatic nitrogens is 1. The molecule has 2 aromatic rings. The second-order valence-corrected chi connectivity index (χ2v) is 5.81. The predicted octanol–water partition coefficient (Wildman–Crippen LogP) is 3.67. The molecule has 80 valence electrons. The minimum absolute atomic E-state index is 0.242. The third kappa shape index (κ3) is 2.66. The van der Waals surface area contributed by atoms with Crippen LogP contribution in [0.15, 0.2) is 27.5 Å². The zero-order valence-corrected chi connectivity index (χ0v) is 11.5. The van der Waals surface area contributed by atoms with E-state index in [1.54, 1.807) is 22.7 Å². The fourth-order valence-corrected chi connectivity index (χ4v) is 3.70. The van der Waals surface area contributed by atoms with Gasteiger partial charge in [-0.15, -0.1) is 22.7 Å². The van der Waals surface area contributed by atoms with Crippen LogP contribution in [0.25, 0.3) is 0 Å². The zero-order chi connectivity index (χ0) is 10.7. The van der Waals surface area contributed by atoms with Crippen molar-refractivity contribution in [3.05, 3.63) is 37.4 Å². The number of rotatable bonds is 4. The van der Waals surface area contributed by atoms with E-state index in [4.69, 9.17) is 0 Å². The van der Waals surface area contributed by atoms with Gasteiger partial charge in [0.25, 0.3) is 0 Å². The first kappa shape index (κ1) is 11.3. The molecule has 1 unspecified atom stereocenters. The Morgan fingerprint density at radius 3 is 2.93 bits per heavy atom. The van der Waals surface area contributed by atoms with Crippen molar-refractivity contribution in [2.24, 2.45) is 0 Å². The maximum atomic E-state index is 4.37. The first-order valence-corrected chi connectivity index (χ1v) is 7.23. The Kier molecular flexibility index (Phi) is 3.91. The zero-order valence-electron chi connectivity index (χ0n) is 8.24. The lowest BCUT2D eigenvalue weighted by Crippen LogP contribution is -2.20. The summed E-state index contributed by atoms with van der Waals surface area (Å²) < 4.78 is 1.14. The molecule has 2 aromatic heterocycles. The van der Waals surface area contributed by atoms with Crippen LogP contribution in [0.2, 0.25) is 0 Å². The molecule has 5 heteroatoms. The molecule has 0 aliphatic carbocycles. The van der Waals surface area contributed by atoms with Gasteiger partial charge in [-0.05, 0) is 28.5 Å². The van der Waals surface area contributed by atoms with Crippen LogP contribution < -0.4 is 5.32 Å². The minimum Gasteiger partial charge on any atom is -0.304 e. The van der Waals surface area contributed by atoms with Gasteiger partial charge in [-0.1, -0.05) is 6.92 Å². The molecule has 2 heterocycles. The molecule has 0 bridgehead atoms. The van der Waals surface area contributed by atoms with E-state index < -0.39 is 0 Å². The van der Waals surface area contributed by atoms with Gasteiger partial charge in [-0.3, -0.25) is 0 Å². The van der Waals surface area contributed by atoms with Crippen molar-refractivity contribution in [3.63, 3.8) is 0 Å². The number of thiophene rings is 1. The van der Waals surface area contributed by atoms with E-state index in [-0.39, 0.29) is 6.04 Å². The SMILES string of the molecule is CCNC(c1cc(Br)cs1)c1nccs1. The third-order valence-corrected chi connectivity index (χ3v) is 4.58. The second kappa shape index (κ2) is 5.21. The molecule has 1 atom stereocenters. The summed E-state index contributed by atoms with van der Waals surface area (Å²) in [6, 6.07) is 2.39. The first-order valence-electron chi connectivity index (χ1n) is 4.68. The Balaban J connectivity index is 2.27. The van der Waals surface area contributed by atoms with Gasteiger partial charge < -0.3 is 5.32 Å². The summed E-state index contributed by atoms with van der Waals surface area (Å²) in [5, 5.41) is 8.70. The Labute approximate surface area is 106 Å². The topological polar surface area (TPSA) is 24.9 Å². The van der Waals surface area contributed by atoms with E-state index >= 15 is 0 Å². The Morgan fingerprint density at radius 2 is 2.40 bits per heavy atom. The first-order chi connectivity index (χ1) is 7.31. The van der Waals surface area contributed by atoms with Crippen LogP contribution in [0, 0.1) is 0 Å². The fraction of sp³-hybridized carbons (Fsp3) is 0.300. The normalized spacial score (nSPS) is 12.9. The summed E-state index contributed by atoms with van der Waals surface area (Å²) in [5.41, 5.74) is 0. The average molecular weight is 303 g/mol. The number of hydrogen-bond donors (Lipinski definition) is 1. The van der Waals surface area contributed by atoms with Crippen LogP contribution in [-0.4, -0.2) is 11.5 Å². The Morgan fingerprint density at radius 1 is 1.53 bits per heavy atom. The van der Waals surface area contributed by atoms with Gasteiger partial charge in [-0.2, -0.15) is 0 Å². The number of nitrogens with zero attached hydrogens (tertiary/aromatic N) is 1. The maximum Gasteiger partial charge on any atom is 0.115 e. The van der Waals surface area contributed by atoms with Gasteiger partial charge >= 0.3 is 0 Å².